The minimum absolute atomic E-state index is 0.0983. The molecule has 0 unspecified atom stereocenters. The van der Waals surface area contributed by atoms with Gasteiger partial charge in [0.15, 0.2) is 5.16 Å². The maximum absolute atomic E-state index is 11.4. The predicted molar refractivity (Wildman–Crippen MR) is 65.1 cm³/mol. The Hall–Kier alpha value is -1.83. The standard InChI is InChI=1S/C10H13N3O4S/c1-5(9(11)16)18-10-12-6(3-7(14)13-10)4-8(15)17-2/h3,5H,4H2,1-2H3,(H2,11,16)(H,12,13,14)/t5-/m1/s1. The van der Waals surface area contributed by atoms with Gasteiger partial charge in [0.05, 0.1) is 24.5 Å². The second-order valence-corrected chi connectivity index (χ2v) is 4.79. The minimum atomic E-state index is -0.526. The lowest BCUT2D eigenvalue weighted by Gasteiger charge is -2.06. The van der Waals surface area contributed by atoms with Crippen LogP contribution in [0.2, 0.25) is 0 Å². The number of H-pyrrole nitrogens is 1. The van der Waals surface area contributed by atoms with Crippen LogP contribution in [0.5, 0.6) is 0 Å². The third-order valence-corrected chi connectivity index (χ3v) is 3.02. The Morgan fingerprint density at radius 3 is 2.83 bits per heavy atom. The molecule has 0 fully saturated rings. The van der Waals surface area contributed by atoms with E-state index in [9.17, 15) is 14.4 Å². The van der Waals surface area contributed by atoms with Gasteiger partial charge < -0.3 is 15.5 Å². The average Bonchev–Trinajstić information content (AvgIpc) is 2.27. The first-order valence-corrected chi connectivity index (χ1v) is 5.93. The maximum atomic E-state index is 11.4. The molecule has 1 atom stereocenters. The van der Waals surface area contributed by atoms with E-state index in [0.29, 0.717) is 0 Å². The third-order valence-electron chi connectivity index (χ3n) is 2.02. The molecule has 1 rings (SSSR count). The number of rotatable bonds is 5. The molecule has 3 N–H and O–H groups in total. The molecule has 0 radical (unpaired) electrons. The molecule has 1 amide bonds. The zero-order chi connectivity index (χ0) is 13.7. The molecule has 18 heavy (non-hydrogen) atoms. The number of ether oxygens (including phenoxy) is 1. The Kier molecular flexibility index (Phi) is 4.90. The van der Waals surface area contributed by atoms with Gasteiger partial charge in [0, 0.05) is 6.07 Å². The fourth-order valence-corrected chi connectivity index (χ4v) is 1.86. The molecule has 0 spiro atoms. The van der Waals surface area contributed by atoms with Gasteiger partial charge in [0.25, 0.3) is 5.56 Å². The average molecular weight is 271 g/mol. The number of nitrogens with two attached hydrogens (primary N) is 1. The smallest absolute Gasteiger partial charge is 0.311 e. The summed E-state index contributed by atoms with van der Waals surface area (Å²) in [6.45, 7) is 1.60. The fraction of sp³-hybridized carbons (Fsp3) is 0.400. The lowest BCUT2D eigenvalue weighted by Crippen LogP contribution is -2.23. The predicted octanol–water partition coefficient (Wildman–Crippen LogP) is -0.549. The topological polar surface area (TPSA) is 115 Å². The number of thioether (sulfide) groups is 1. The Bertz CT molecular complexity index is 514. The van der Waals surface area contributed by atoms with Crippen molar-refractivity contribution in [2.24, 2.45) is 5.73 Å². The molecule has 0 aromatic carbocycles. The van der Waals surface area contributed by atoms with Crippen molar-refractivity contribution < 1.29 is 14.3 Å². The normalized spacial score (nSPS) is 11.9. The highest BCUT2D eigenvalue weighted by atomic mass is 32.2. The van der Waals surface area contributed by atoms with Crippen LogP contribution in [0.3, 0.4) is 0 Å². The molecule has 1 aromatic heterocycles. The fourth-order valence-electron chi connectivity index (χ4n) is 1.08. The molecule has 1 heterocycles. The lowest BCUT2D eigenvalue weighted by molar-refractivity contribution is -0.139. The number of methoxy groups -OCH3 is 1. The van der Waals surface area contributed by atoms with Crippen LogP contribution in [-0.2, 0) is 20.7 Å². The van der Waals surface area contributed by atoms with Gasteiger partial charge in [0.1, 0.15) is 0 Å². The number of nitrogens with zero attached hydrogens (tertiary/aromatic N) is 1. The van der Waals surface area contributed by atoms with Crippen LogP contribution in [0.1, 0.15) is 12.6 Å². The van der Waals surface area contributed by atoms with Crippen LogP contribution in [0.25, 0.3) is 0 Å². The van der Waals surface area contributed by atoms with E-state index >= 15 is 0 Å². The Balaban J connectivity index is 2.90. The first-order valence-electron chi connectivity index (χ1n) is 5.05. The summed E-state index contributed by atoms with van der Waals surface area (Å²) >= 11 is 1.02. The van der Waals surface area contributed by atoms with Gasteiger partial charge in [0.2, 0.25) is 5.91 Å². The molecule has 0 bridgehead atoms. The first kappa shape index (κ1) is 14.2. The van der Waals surface area contributed by atoms with E-state index in [2.05, 4.69) is 14.7 Å². The van der Waals surface area contributed by atoms with Gasteiger partial charge in [-0.15, -0.1) is 0 Å². The van der Waals surface area contributed by atoms with Crippen LogP contribution in [-0.4, -0.2) is 34.2 Å². The van der Waals surface area contributed by atoms with Crippen LogP contribution < -0.4 is 11.3 Å². The molecular weight excluding hydrogens is 258 g/mol. The first-order chi connectivity index (χ1) is 8.42. The number of hydrogen-bond donors (Lipinski definition) is 2. The van der Waals surface area contributed by atoms with Gasteiger partial charge in [-0.3, -0.25) is 14.4 Å². The highest BCUT2D eigenvalue weighted by Crippen LogP contribution is 2.17. The Labute approximate surface area is 107 Å². The van der Waals surface area contributed by atoms with E-state index < -0.39 is 22.7 Å². The van der Waals surface area contributed by atoms with E-state index in [1.165, 1.54) is 13.2 Å². The summed E-state index contributed by atoms with van der Waals surface area (Å²) in [5.41, 5.74) is 4.99. The second kappa shape index (κ2) is 6.20. The number of amides is 1. The summed E-state index contributed by atoms with van der Waals surface area (Å²) in [7, 11) is 1.25. The summed E-state index contributed by atoms with van der Waals surface area (Å²) < 4.78 is 4.48. The zero-order valence-electron chi connectivity index (χ0n) is 9.93. The van der Waals surface area contributed by atoms with Crippen molar-refractivity contribution in [2.75, 3.05) is 7.11 Å². The van der Waals surface area contributed by atoms with Gasteiger partial charge in [-0.1, -0.05) is 11.8 Å². The van der Waals surface area contributed by atoms with Gasteiger partial charge in [-0.2, -0.15) is 0 Å². The number of hydrogen-bond acceptors (Lipinski definition) is 6. The largest absolute Gasteiger partial charge is 0.469 e. The summed E-state index contributed by atoms with van der Waals surface area (Å²) in [6, 6.07) is 1.20. The van der Waals surface area contributed by atoms with Crippen LogP contribution >= 0.6 is 11.8 Å². The zero-order valence-corrected chi connectivity index (χ0v) is 10.7. The van der Waals surface area contributed by atoms with Crippen molar-refractivity contribution in [1.29, 1.82) is 0 Å². The van der Waals surface area contributed by atoms with E-state index in [-0.39, 0.29) is 17.3 Å². The molecule has 0 aliphatic heterocycles. The number of carbonyl (C=O) groups excluding carboxylic acids is 2. The van der Waals surface area contributed by atoms with E-state index in [1.54, 1.807) is 6.92 Å². The van der Waals surface area contributed by atoms with E-state index in [1.807, 2.05) is 0 Å². The van der Waals surface area contributed by atoms with Gasteiger partial charge >= 0.3 is 5.97 Å². The monoisotopic (exact) mass is 271 g/mol. The van der Waals surface area contributed by atoms with Crippen LogP contribution in [0, 0.1) is 0 Å². The quantitative estimate of drug-likeness (QED) is 0.422. The van der Waals surface area contributed by atoms with Crippen molar-refractivity contribution in [3.05, 3.63) is 22.1 Å². The number of carbonyl (C=O) groups is 2. The molecule has 0 aliphatic carbocycles. The van der Waals surface area contributed by atoms with Crippen molar-refractivity contribution in [3.8, 4) is 0 Å². The number of primary amides is 1. The number of aromatic amines is 1. The van der Waals surface area contributed by atoms with Crippen molar-refractivity contribution in [3.63, 3.8) is 0 Å². The summed E-state index contributed by atoms with van der Waals surface area (Å²) in [5.74, 6) is -1.01. The molecule has 1 aromatic rings. The third kappa shape index (κ3) is 4.21. The van der Waals surface area contributed by atoms with Gasteiger partial charge in [-0.05, 0) is 6.92 Å². The number of esters is 1. The molecule has 0 aliphatic rings. The molecule has 8 heteroatoms. The minimum Gasteiger partial charge on any atom is -0.469 e. The van der Waals surface area contributed by atoms with Crippen molar-refractivity contribution >= 4 is 23.6 Å². The highest BCUT2D eigenvalue weighted by molar-refractivity contribution is 8.00. The van der Waals surface area contributed by atoms with Crippen LogP contribution in [0.15, 0.2) is 16.0 Å². The number of nitrogens with one attached hydrogen (secondary N) is 1. The number of aromatic nitrogens is 2. The summed E-state index contributed by atoms with van der Waals surface area (Å²) in [4.78, 5) is 39.8. The molecule has 0 saturated heterocycles. The Morgan fingerprint density at radius 1 is 1.61 bits per heavy atom. The van der Waals surface area contributed by atoms with Crippen LogP contribution in [0.4, 0.5) is 0 Å². The lowest BCUT2D eigenvalue weighted by atomic mass is 10.3. The van der Waals surface area contributed by atoms with Gasteiger partial charge in [-0.25, -0.2) is 4.98 Å². The van der Waals surface area contributed by atoms with E-state index in [4.69, 9.17) is 5.73 Å². The van der Waals surface area contributed by atoms with Crippen molar-refractivity contribution in [1.82, 2.24) is 9.97 Å². The molecule has 0 saturated carbocycles. The molecule has 7 nitrogen and oxygen atoms in total. The summed E-state index contributed by atoms with van der Waals surface area (Å²) in [5, 5.41) is -0.283. The maximum Gasteiger partial charge on any atom is 0.311 e. The SMILES string of the molecule is COC(=O)Cc1cc(=O)[nH]c(S[C@H](C)C(N)=O)n1. The second-order valence-electron chi connectivity index (χ2n) is 3.46. The molecule has 98 valence electrons. The Morgan fingerprint density at radius 2 is 2.28 bits per heavy atom. The van der Waals surface area contributed by atoms with E-state index in [0.717, 1.165) is 11.8 Å². The highest BCUT2D eigenvalue weighted by Gasteiger charge is 2.13. The van der Waals surface area contributed by atoms with Crippen molar-refractivity contribution in [2.45, 2.75) is 23.8 Å². The summed E-state index contributed by atoms with van der Waals surface area (Å²) in [6.07, 6.45) is -0.0983. The molecular formula is C10H13N3O4S.